The number of hydrogen-bond acceptors (Lipinski definition) is 26. The van der Waals surface area contributed by atoms with Crippen molar-refractivity contribution in [2.45, 2.75) is 154 Å². The van der Waals surface area contributed by atoms with Gasteiger partial charge in [-0.1, -0.05) is 0 Å². The van der Waals surface area contributed by atoms with Crippen LogP contribution in [0.15, 0.2) is 0 Å². The molecule has 0 radical (unpaired) electrons. The minimum absolute atomic E-state index is 0.828. The van der Waals surface area contributed by atoms with Crippen molar-refractivity contribution in [3.8, 4) is 0 Å². The fraction of sp³-hybridized carbons (Fsp3) is 0.967. The summed E-state index contributed by atoms with van der Waals surface area (Å²) in [5.74, 6) is -1.84. The summed E-state index contributed by atoms with van der Waals surface area (Å²) in [4.78, 5) is 12.3. The van der Waals surface area contributed by atoms with Crippen LogP contribution in [0.4, 0.5) is 0 Å². The lowest BCUT2D eigenvalue weighted by atomic mass is 9.96. The Kier molecular flexibility index (Phi) is 15.9. The van der Waals surface area contributed by atoms with E-state index in [4.69, 9.17) is 42.6 Å². The molecule has 5 rings (SSSR count). The third-order valence-electron chi connectivity index (χ3n) is 10.2. The summed E-state index contributed by atoms with van der Waals surface area (Å²) in [7, 11) is 0. The Morgan fingerprint density at radius 1 is 0.491 bits per heavy atom. The summed E-state index contributed by atoms with van der Waals surface area (Å²) in [6, 6.07) is 0. The van der Waals surface area contributed by atoms with E-state index in [0.29, 0.717) is 0 Å². The molecule has 27 heteroatoms. The largest absolute Gasteiger partial charge is 0.479 e. The third-order valence-corrected chi connectivity index (χ3v) is 10.2. The minimum Gasteiger partial charge on any atom is -0.479 e. The first kappa shape index (κ1) is 46.5. The molecule has 5 saturated heterocycles. The number of aliphatic carboxylic acids is 1. The molecule has 5 aliphatic heterocycles. The van der Waals surface area contributed by atoms with Crippen molar-refractivity contribution >= 4 is 5.97 Å². The molecule has 0 amide bonds. The van der Waals surface area contributed by atoms with Crippen molar-refractivity contribution in [3.63, 3.8) is 0 Å². The van der Waals surface area contributed by atoms with E-state index >= 15 is 0 Å². The van der Waals surface area contributed by atoms with E-state index in [1.165, 1.54) is 0 Å². The number of ether oxygens (including phenoxy) is 9. The van der Waals surface area contributed by atoms with Gasteiger partial charge in [-0.3, -0.25) is 0 Å². The van der Waals surface area contributed by atoms with Gasteiger partial charge in [0.2, 0.25) is 0 Å². The first-order valence-electron chi connectivity index (χ1n) is 17.6. The summed E-state index contributed by atoms with van der Waals surface area (Å²) in [6.45, 7) is -3.54. The maximum absolute atomic E-state index is 12.3. The molecule has 0 saturated carbocycles. The lowest BCUT2D eigenvalue weighted by Crippen LogP contribution is -2.66. The zero-order valence-electron chi connectivity index (χ0n) is 29.4. The quantitative estimate of drug-likeness (QED) is 0.0772. The van der Waals surface area contributed by atoms with Gasteiger partial charge < -0.3 is 129 Å². The Balaban J connectivity index is 1.26. The Hall–Kier alpha value is -1.53. The molecule has 57 heavy (non-hydrogen) atoms. The molecule has 0 aromatic heterocycles. The first-order valence-corrected chi connectivity index (χ1v) is 17.6. The van der Waals surface area contributed by atoms with Crippen LogP contribution in [-0.4, -0.2) is 273 Å². The molecule has 25 atom stereocenters. The molecule has 5 heterocycles. The van der Waals surface area contributed by atoms with E-state index in [1.54, 1.807) is 0 Å². The van der Waals surface area contributed by atoms with Gasteiger partial charge in [-0.05, 0) is 0 Å². The lowest BCUT2D eigenvalue weighted by molar-refractivity contribution is -0.367. The van der Waals surface area contributed by atoms with Crippen molar-refractivity contribution in [2.75, 3.05) is 26.4 Å². The minimum atomic E-state index is -2.26. The Bertz CT molecular complexity index is 1280. The normalized spacial score (nSPS) is 51.4. The molecule has 0 aromatic rings. The molecule has 0 bridgehead atoms. The number of hydrogen-bond donors (Lipinski definition) is 17. The van der Waals surface area contributed by atoms with Crippen molar-refractivity contribution in [1.82, 2.24) is 0 Å². The van der Waals surface area contributed by atoms with Gasteiger partial charge in [0.15, 0.2) is 37.6 Å². The standard InChI is InChI=1S/C30H50O27/c31-1-5(34)20-19(45)23(56-29-18(44)15(41)21(24(57-29)25(46)47)54-27-16(42)12(38)9(35)6(2-32)51-27)30(53-20)49-4-8-11(37)14(40)22(26(48)50-8)55-28-17(43)13(39)10(36)7(3-33)52-28/h5-24,26-45,48H,1-4H2,(H,46,47)/t5-,6-,7-,8-,9-,10-,11-,12+,13+,14+,15-,16+,17+,18-,19+,20+,21+,22+,23-,24+,26-,27+,28-,29+,30-/m1/s1. The van der Waals surface area contributed by atoms with Crippen molar-refractivity contribution in [1.29, 1.82) is 0 Å². The van der Waals surface area contributed by atoms with Crippen LogP contribution in [0.1, 0.15) is 0 Å². The molecule has 0 aromatic carbocycles. The Morgan fingerprint density at radius 3 is 1.46 bits per heavy atom. The zero-order chi connectivity index (χ0) is 42.2. The van der Waals surface area contributed by atoms with Gasteiger partial charge in [0.1, 0.15) is 116 Å². The van der Waals surface area contributed by atoms with Gasteiger partial charge in [0.25, 0.3) is 0 Å². The predicted molar refractivity (Wildman–Crippen MR) is 167 cm³/mol. The highest BCUT2D eigenvalue weighted by molar-refractivity contribution is 5.73. The van der Waals surface area contributed by atoms with E-state index in [2.05, 4.69) is 0 Å². The van der Waals surface area contributed by atoms with E-state index in [1.807, 2.05) is 0 Å². The highest BCUT2D eigenvalue weighted by Gasteiger charge is 2.57. The fourth-order valence-corrected chi connectivity index (χ4v) is 6.88. The molecule has 332 valence electrons. The van der Waals surface area contributed by atoms with Crippen molar-refractivity contribution in [2.24, 2.45) is 0 Å². The summed E-state index contributed by atoms with van der Waals surface area (Å²) in [5.41, 5.74) is 0. The maximum Gasteiger partial charge on any atom is 0.335 e. The SMILES string of the molecule is O=C(O)[C@H]1O[C@H](O[C@H]2[C@H](OC[C@H]3O[C@@H](O)[C@@H](O[C@H]4O[C@H](CO)[C@@H](O)[C@H](O)[C@@H]4O)[C@@H](O)[C@@H]3O)O[C@@H]([C@H](O)CO)[C@@H]2O)[C@H](O)[C@@H](O)[C@@H]1O[C@@H]1O[C@H](CO)[C@@H](O)[C@H](O)[C@@H]1O. The molecule has 0 aliphatic carbocycles. The van der Waals surface area contributed by atoms with Gasteiger partial charge in [-0.15, -0.1) is 0 Å². The first-order chi connectivity index (χ1) is 26.9. The van der Waals surface area contributed by atoms with Crippen LogP contribution in [0.5, 0.6) is 0 Å². The second-order valence-electron chi connectivity index (χ2n) is 14.0. The molecule has 5 aliphatic rings. The van der Waals surface area contributed by atoms with Crippen LogP contribution in [-0.2, 0) is 47.4 Å². The molecule has 0 unspecified atom stereocenters. The van der Waals surface area contributed by atoms with Gasteiger partial charge in [0.05, 0.1) is 26.4 Å². The second-order valence-corrected chi connectivity index (χ2v) is 14.0. The highest BCUT2D eigenvalue weighted by Crippen LogP contribution is 2.35. The van der Waals surface area contributed by atoms with Gasteiger partial charge in [-0.2, -0.15) is 0 Å². The molecular formula is C30H50O27. The summed E-state index contributed by atoms with van der Waals surface area (Å²) < 4.78 is 48.4. The fourth-order valence-electron chi connectivity index (χ4n) is 6.88. The molecule has 27 nitrogen and oxygen atoms in total. The van der Waals surface area contributed by atoms with Crippen LogP contribution < -0.4 is 0 Å². The molecule has 17 N–H and O–H groups in total. The van der Waals surface area contributed by atoms with Gasteiger partial charge in [-0.25, -0.2) is 4.79 Å². The number of aliphatic hydroxyl groups is 16. The van der Waals surface area contributed by atoms with Crippen LogP contribution in [0.2, 0.25) is 0 Å². The average Bonchev–Trinajstić information content (AvgIpc) is 3.50. The molecule has 5 fully saturated rings. The number of carbonyl (C=O) groups is 1. The van der Waals surface area contributed by atoms with E-state index < -0.39 is 186 Å². The average molecular weight is 843 g/mol. The number of rotatable bonds is 14. The van der Waals surface area contributed by atoms with E-state index in [9.17, 15) is 91.6 Å². The molecular weight excluding hydrogens is 792 g/mol. The maximum atomic E-state index is 12.3. The third kappa shape index (κ3) is 9.53. The molecule has 0 spiro atoms. The number of aliphatic hydroxyl groups excluding tert-OH is 16. The zero-order valence-corrected chi connectivity index (χ0v) is 29.4. The van der Waals surface area contributed by atoms with Crippen molar-refractivity contribution in [3.05, 3.63) is 0 Å². The van der Waals surface area contributed by atoms with Crippen LogP contribution in [0.3, 0.4) is 0 Å². The van der Waals surface area contributed by atoms with Gasteiger partial charge in [0, 0.05) is 0 Å². The van der Waals surface area contributed by atoms with Crippen LogP contribution >= 0.6 is 0 Å². The van der Waals surface area contributed by atoms with Gasteiger partial charge >= 0.3 is 5.97 Å². The van der Waals surface area contributed by atoms with Crippen molar-refractivity contribution < 1.29 is 134 Å². The van der Waals surface area contributed by atoms with Crippen LogP contribution in [0, 0.1) is 0 Å². The van der Waals surface area contributed by atoms with Crippen LogP contribution in [0.25, 0.3) is 0 Å². The number of carboxylic acids is 1. The predicted octanol–water partition coefficient (Wildman–Crippen LogP) is -11.8. The second kappa shape index (κ2) is 19.5. The summed E-state index contributed by atoms with van der Waals surface area (Å²) in [5, 5.41) is 174. The van der Waals surface area contributed by atoms with E-state index in [-0.39, 0.29) is 0 Å². The van der Waals surface area contributed by atoms with E-state index in [0.717, 1.165) is 0 Å². The monoisotopic (exact) mass is 842 g/mol. The smallest absolute Gasteiger partial charge is 0.335 e. The number of carboxylic acid groups (broad SMARTS) is 1. The Morgan fingerprint density at radius 2 is 0.947 bits per heavy atom. The summed E-state index contributed by atoms with van der Waals surface area (Å²) >= 11 is 0. The Labute approximate surface area is 320 Å². The highest BCUT2D eigenvalue weighted by atomic mass is 16.8. The topological polar surface area (TPSA) is 444 Å². The lowest BCUT2D eigenvalue weighted by Gasteiger charge is -2.45. The summed E-state index contributed by atoms with van der Waals surface area (Å²) in [6.07, 6.45) is -48.2.